The monoisotopic (exact) mass is 210 g/mol. The molecular formula is C8H6N2O3S. The largest absolute Gasteiger partial charge is 0.476 e. The van der Waals surface area contributed by atoms with Crippen LogP contribution in [0.2, 0.25) is 0 Å². The zero-order valence-electron chi connectivity index (χ0n) is 7.22. The van der Waals surface area contributed by atoms with Gasteiger partial charge in [-0.3, -0.25) is 4.79 Å². The van der Waals surface area contributed by atoms with E-state index in [1.54, 1.807) is 6.92 Å². The standard InChI is InChI=1S/C8H6N2O3S/c1-4-5(2-11)7-10(9-4)6(3-14-7)8(12)13/h2-3H,1H3,(H,12,13). The summed E-state index contributed by atoms with van der Waals surface area (Å²) in [7, 11) is 0. The lowest BCUT2D eigenvalue weighted by Gasteiger charge is -1.87. The Morgan fingerprint density at radius 2 is 2.43 bits per heavy atom. The molecule has 2 heterocycles. The van der Waals surface area contributed by atoms with Crippen LogP contribution in [0, 0.1) is 6.92 Å². The number of hydrogen-bond acceptors (Lipinski definition) is 4. The van der Waals surface area contributed by atoms with Crippen molar-refractivity contribution < 1.29 is 14.7 Å². The zero-order valence-corrected chi connectivity index (χ0v) is 8.04. The summed E-state index contributed by atoms with van der Waals surface area (Å²) in [6.07, 6.45) is 0.694. The molecule has 0 fully saturated rings. The van der Waals surface area contributed by atoms with E-state index in [0.29, 0.717) is 22.4 Å². The first kappa shape index (κ1) is 8.89. The number of aldehydes is 1. The quantitative estimate of drug-likeness (QED) is 0.756. The topological polar surface area (TPSA) is 71.7 Å². The van der Waals surface area contributed by atoms with Crippen LogP contribution in [0.15, 0.2) is 5.38 Å². The lowest BCUT2D eigenvalue weighted by molar-refractivity contribution is 0.0688. The molecule has 0 aliphatic carbocycles. The van der Waals surface area contributed by atoms with E-state index in [4.69, 9.17) is 5.11 Å². The van der Waals surface area contributed by atoms with Crippen LogP contribution in [0.1, 0.15) is 26.5 Å². The highest BCUT2D eigenvalue weighted by atomic mass is 32.1. The fraction of sp³-hybridized carbons (Fsp3) is 0.125. The Morgan fingerprint density at radius 3 is 3.00 bits per heavy atom. The van der Waals surface area contributed by atoms with Crippen molar-refractivity contribution in [3.8, 4) is 0 Å². The van der Waals surface area contributed by atoms with Crippen LogP contribution in [0.25, 0.3) is 4.83 Å². The third kappa shape index (κ3) is 1.04. The minimum atomic E-state index is -1.05. The van der Waals surface area contributed by atoms with Crippen LogP contribution in [-0.4, -0.2) is 27.0 Å². The molecule has 0 saturated heterocycles. The van der Waals surface area contributed by atoms with Gasteiger partial charge in [0, 0.05) is 5.38 Å². The Morgan fingerprint density at radius 1 is 1.71 bits per heavy atom. The molecule has 0 aliphatic heterocycles. The van der Waals surface area contributed by atoms with Crippen LogP contribution in [0.4, 0.5) is 0 Å². The molecule has 0 amide bonds. The lowest BCUT2D eigenvalue weighted by atomic mass is 10.3. The number of thiazole rings is 1. The van der Waals surface area contributed by atoms with Gasteiger partial charge in [0.2, 0.25) is 0 Å². The number of aromatic carboxylic acids is 1. The second-order valence-corrected chi connectivity index (χ2v) is 3.62. The molecule has 6 heteroatoms. The molecule has 5 nitrogen and oxygen atoms in total. The third-order valence-corrected chi connectivity index (χ3v) is 2.87. The molecule has 2 rings (SSSR count). The smallest absolute Gasteiger partial charge is 0.355 e. The number of carboxylic acids is 1. The molecule has 0 aliphatic rings. The number of aryl methyl sites for hydroxylation is 1. The summed E-state index contributed by atoms with van der Waals surface area (Å²) in [5.74, 6) is -1.05. The fourth-order valence-electron chi connectivity index (χ4n) is 1.23. The summed E-state index contributed by atoms with van der Waals surface area (Å²) >= 11 is 1.20. The highest BCUT2D eigenvalue weighted by Gasteiger charge is 2.16. The van der Waals surface area contributed by atoms with Crippen molar-refractivity contribution >= 4 is 28.4 Å². The summed E-state index contributed by atoms with van der Waals surface area (Å²) < 4.78 is 1.28. The molecule has 0 unspecified atom stereocenters. The van der Waals surface area contributed by atoms with Gasteiger partial charge in [0.25, 0.3) is 0 Å². The van der Waals surface area contributed by atoms with Gasteiger partial charge in [-0.2, -0.15) is 5.10 Å². The van der Waals surface area contributed by atoms with Crippen molar-refractivity contribution in [3.05, 3.63) is 22.3 Å². The SMILES string of the molecule is Cc1nn2c(C(=O)O)csc2c1C=O. The molecule has 14 heavy (non-hydrogen) atoms. The predicted octanol–water partition coefficient (Wildman–Crippen LogP) is 1.21. The van der Waals surface area contributed by atoms with Crippen molar-refractivity contribution in [2.24, 2.45) is 0 Å². The summed E-state index contributed by atoms with van der Waals surface area (Å²) in [4.78, 5) is 22.0. The van der Waals surface area contributed by atoms with Gasteiger partial charge < -0.3 is 5.11 Å². The first-order valence-electron chi connectivity index (χ1n) is 3.80. The minimum Gasteiger partial charge on any atom is -0.476 e. The highest BCUT2D eigenvalue weighted by Crippen LogP contribution is 2.21. The lowest BCUT2D eigenvalue weighted by Crippen LogP contribution is -2.01. The van der Waals surface area contributed by atoms with Gasteiger partial charge in [0.15, 0.2) is 12.0 Å². The molecule has 0 atom stereocenters. The van der Waals surface area contributed by atoms with Gasteiger partial charge in [0.1, 0.15) is 4.83 Å². The number of aromatic nitrogens is 2. The Balaban J connectivity index is 2.82. The molecule has 2 aromatic rings. The van der Waals surface area contributed by atoms with Gasteiger partial charge in [-0.25, -0.2) is 9.31 Å². The van der Waals surface area contributed by atoms with Gasteiger partial charge >= 0.3 is 5.97 Å². The normalized spacial score (nSPS) is 10.6. The van der Waals surface area contributed by atoms with Crippen molar-refractivity contribution in [1.29, 1.82) is 0 Å². The molecule has 0 radical (unpaired) electrons. The van der Waals surface area contributed by atoms with E-state index in [-0.39, 0.29) is 5.69 Å². The fourth-order valence-corrected chi connectivity index (χ4v) is 2.22. The van der Waals surface area contributed by atoms with E-state index in [1.807, 2.05) is 0 Å². The summed E-state index contributed by atoms with van der Waals surface area (Å²) in [5, 5.41) is 14.3. The van der Waals surface area contributed by atoms with E-state index < -0.39 is 5.97 Å². The number of nitrogens with zero attached hydrogens (tertiary/aromatic N) is 2. The zero-order chi connectivity index (χ0) is 10.3. The summed E-state index contributed by atoms with van der Waals surface area (Å²) in [5.41, 5.74) is 1.10. The molecular weight excluding hydrogens is 204 g/mol. The first-order valence-corrected chi connectivity index (χ1v) is 4.68. The van der Waals surface area contributed by atoms with Crippen molar-refractivity contribution in [3.63, 3.8) is 0 Å². The maximum atomic E-state index is 10.7. The second kappa shape index (κ2) is 2.91. The maximum Gasteiger partial charge on any atom is 0.355 e. The van der Waals surface area contributed by atoms with Crippen molar-refractivity contribution in [2.45, 2.75) is 6.92 Å². The number of carbonyl (C=O) groups excluding carboxylic acids is 1. The van der Waals surface area contributed by atoms with Crippen LogP contribution in [-0.2, 0) is 0 Å². The van der Waals surface area contributed by atoms with Gasteiger partial charge in [-0.05, 0) is 6.92 Å². The molecule has 0 saturated carbocycles. The van der Waals surface area contributed by atoms with Crippen LogP contribution < -0.4 is 0 Å². The molecule has 0 spiro atoms. The number of fused-ring (bicyclic) bond motifs is 1. The average Bonchev–Trinajstić information content (AvgIpc) is 2.61. The number of rotatable bonds is 2. The molecule has 1 N–H and O–H groups in total. The van der Waals surface area contributed by atoms with E-state index in [1.165, 1.54) is 21.2 Å². The van der Waals surface area contributed by atoms with Gasteiger partial charge in [-0.15, -0.1) is 11.3 Å². The Labute approximate surface area is 82.6 Å². The van der Waals surface area contributed by atoms with Crippen LogP contribution in [0.5, 0.6) is 0 Å². The highest BCUT2D eigenvalue weighted by molar-refractivity contribution is 7.16. The van der Waals surface area contributed by atoms with Crippen molar-refractivity contribution in [1.82, 2.24) is 9.61 Å². The van der Waals surface area contributed by atoms with E-state index in [0.717, 1.165) is 0 Å². The maximum absolute atomic E-state index is 10.7. The summed E-state index contributed by atoms with van der Waals surface area (Å²) in [6, 6.07) is 0. The summed E-state index contributed by atoms with van der Waals surface area (Å²) in [6.45, 7) is 1.68. The van der Waals surface area contributed by atoms with Crippen molar-refractivity contribution in [2.75, 3.05) is 0 Å². The Kier molecular flexibility index (Phi) is 1.85. The van der Waals surface area contributed by atoms with Gasteiger partial charge in [-0.1, -0.05) is 0 Å². The molecule has 0 aromatic carbocycles. The van der Waals surface area contributed by atoms with E-state index >= 15 is 0 Å². The number of hydrogen-bond donors (Lipinski definition) is 1. The first-order chi connectivity index (χ1) is 6.65. The average molecular weight is 210 g/mol. The second-order valence-electron chi connectivity index (χ2n) is 2.76. The predicted molar refractivity (Wildman–Crippen MR) is 50.2 cm³/mol. The van der Waals surface area contributed by atoms with Crippen LogP contribution >= 0.6 is 11.3 Å². The number of carboxylic acid groups (broad SMARTS) is 1. The van der Waals surface area contributed by atoms with Crippen LogP contribution in [0.3, 0.4) is 0 Å². The molecule has 72 valence electrons. The van der Waals surface area contributed by atoms with E-state index in [2.05, 4.69) is 5.10 Å². The Bertz CT molecular complexity index is 526. The molecule has 0 bridgehead atoms. The third-order valence-electron chi connectivity index (χ3n) is 1.91. The molecule has 2 aromatic heterocycles. The Hall–Kier alpha value is -1.69. The minimum absolute atomic E-state index is 0.0844. The number of carbonyl (C=O) groups is 2. The van der Waals surface area contributed by atoms with Gasteiger partial charge in [0.05, 0.1) is 11.3 Å². The van der Waals surface area contributed by atoms with E-state index in [9.17, 15) is 9.59 Å².